The second-order valence-corrected chi connectivity index (χ2v) is 2.95. The van der Waals surface area contributed by atoms with Gasteiger partial charge in [0.15, 0.2) is 0 Å². The lowest BCUT2D eigenvalue weighted by Gasteiger charge is -2.11. The van der Waals surface area contributed by atoms with Crippen LogP contribution in [-0.2, 0) is 17.4 Å². The molecule has 0 unspecified atom stereocenters. The number of rotatable bonds is 3. The summed E-state index contributed by atoms with van der Waals surface area (Å²) in [5.74, 6) is -1.40. The molecule has 0 aromatic carbocycles. The van der Waals surface area contributed by atoms with Crippen LogP contribution < -0.4 is 4.74 Å². The summed E-state index contributed by atoms with van der Waals surface area (Å²) in [6, 6.07) is 0.969. The Morgan fingerprint density at radius 2 is 2.19 bits per heavy atom. The minimum atomic E-state index is -4.62. The van der Waals surface area contributed by atoms with Crippen molar-refractivity contribution >= 4 is 5.97 Å². The SMILES string of the molecule is COc1cc(CC(=O)O)c(C(F)(F)F)cn1. The van der Waals surface area contributed by atoms with E-state index in [-0.39, 0.29) is 11.4 Å². The van der Waals surface area contributed by atoms with Crippen LogP contribution in [-0.4, -0.2) is 23.2 Å². The molecule has 0 aliphatic rings. The van der Waals surface area contributed by atoms with E-state index in [1.54, 1.807) is 0 Å². The van der Waals surface area contributed by atoms with Crippen molar-refractivity contribution in [1.29, 1.82) is 0 Å². The first-order chi connectivity index (χ1) is 7.34. The molecule has 0 radical (unpaired) electrons. The summed E-state index contributed by atoms with van der Waals surface area (Å²) in [5.41, 5.74) is -1.43. The van der Waals surface area contributed by atoms with Crippen LogP contribution in [0.25, 0.3) is 0 Å². The first-order valence-electron chi connectivity index (χ1n) is 4.16. The molecule has 1 heterocycles. The normalized spacial score (nSPS) is 11.2. The van der Waals surface area contributed by atoms with E-state index in [9.17, 15) is 18.0 Å². The lowest BCUT2D eigenvalue weighted by Crippen LogP contribution is -2.13. The molecular weight excluding hydrogens is 227 g/mol. The van der Waals surface area contributed by atoms with Gasteiger partial charge in [0.25, 0.3) is 0 Å². The Hall–Kier alpha value is -1.79. The first kappa shape index (κ1) is 12.3. The van der Waals surface area contributed by atoms with Crippen LogP contribution in [0.4, 0.5) is 13.2 Å². The lowest BCUT2D eigenvalue weighted by molar-refractivity contribution is -0.139. The standard InChI is InChI=1S/C9H8F3NO3/c1-16-7-2-5(3-8(14)15)6(4-13-7)9(10,11)12/h2,4H,3H2,1H3,(H,14,15). The fourth-order valence-electron chi connectivity index (χ4n) is 1.15. The van der Waals surface area contributed by atoms with Gasteiger partial charge in [-0.25, -0.2) is 4.98 Å². The van der Waals surface area contributed by atoms with E-state index in [0.717, 1.165) is 6.07 Å². The van der Waals surface area contributed by atoms with Gasteiger partial charge in [-0.1, -0.05) is 0 Å². The largest absolute Gasteiger partial charge is 0.481 e. The maximum Gasteiger partial charge on any atom is 0.418 e. The average molecular weight is 235 g/mol. The number of carboxylic acids is 1. The average Bonchev–Trinajstić information content (AvgIpc) is 2.14. The monoisotopic (exact) mass is 235 g/mol. The number of carboxylic acid groups (broad SMARTS) is 1. The van der Waals surface area contributed by atoms with Crippen molar-refractivity contribution in [3.63, 3.8) is 0 Å². The predicted octanol–water partition coefficient (Wildman–Crippen LogP) is 1.74. The molecule has 1 N–H and O–H groups in total. The molecule has 1 aromatic heterocycles. The number of carbonyl (C=O) groups is 1. The second-order valence-electron chi connectivity index (χ2n) is 2.95. The summed E-state index contributed by atoms with van der Waals surface area (Å²) in [4.78, 5) is 13.8. The van der Waals surface area contributed by atoms with Crippen molar-refractivity contribution in [2.24, 2.45) is 0 Å². The van der Waals surface area contributed by atoms with Crippen molar-refractivity contribution in [3.05, 3.63) is 23.4 Å². The number of nitrogens with zero attached hydrogens (tertiary/aromatic N) is 1. The number of aromatic nitrogens is 1. The highest BCUT2D eigenvalue weighted by molar-refractivity contribution is 5.71. The molecule has 16 heavy (non-hydrogen) atoms. The smallest absolute Gasteiger partial charge is 0.418 e. The quantitative estimate of drug-likeness (QED) is 0.866. The third-order valence-electron chi connectivity index (χ3n) is 1.82. The molecule has 1 aromatic rings. The second kappa shape index (κ2) is 4.38. The molecule has 0 aliphatic heterocycles. The zero-order chi connectivity index (χ0) is 12.3. The Morgan fingerprint density at radius 1 is 1.56 bits per heavy atom. The van der Waals surface area contributed by atoms with Gasteiger partial charge in [0.2, 0.25) is 5.88 Å². The molecule has 0 amide bonds. The number of hydrogen-bond donors (Lipinski definition) is 1. The molecule has 0 saturated carbocycles. The number of alkyl halides is 3. The third-order valence-corrected chi connectivity index (χ3v) is 1.82. The molecule has 1 rings (SSSR count). The molecule has 7 heteroatoms. The highest BCUT2D eigenvalue weighted by Gasteiger charge is 2.34. The number of methoxy groups -OCH3 is 1. The fourth-order valence-corrected chi connectivity index (χ4v) is 1.15. The predicted molar refractivity (Wildman–Crippen MR) is 47.1 cm³/mol. The van der Waals surface area contributed by atoms with Gasteiger partial charge in [-0.05, 0) is 5.56 Å². The van der Waals surface area contributed by atoms with Crippen molar-refractivity contribution < 1.29 is 27.8 Å². The van der Waals surface area contributed by atoms with Gasteiger partial charge in [-0.2, -0.15) is 13.2 Å². The van der Waals surface area contributed by atoms with Gasteiger partial charge < -0.3 is 9.84 Å². The molecule has 0 atom stereocenters. The van der Waals surface area contributed by atoms with E-state index in [0.29, 0.717) is 6.20 Å². The Balaban J connectivity index is 3.21. The zero-order valence-corrected chi connectivity index (χ0v) is 8.21. The van der Waals surface area contributed by atoms with Crippen molar-refractivity contribution in [3.8, 4) is 5.88 Å². The Labute approximate surface area is 88.7 Å². The zero-order valence-electron chi connectivity index (χ0n) is 8.21. The topological polar surface area (TPSA) is 59.4 Å². The van der Waals surface area contributed by atoms with Gasteiger partial charge in [-0.3, -0.25) is 4.79 Å². The number of pyridine rings is 1. The Bertz CT molecular complexity index is 403. The van der Waals surface area contributed by atoms with Crippen LogP contribution in [0, 0.1) is 0 Å². The van der Waals surface area contributed by atoms with Crippen molar-refractivity contribution in [2.45, 2.75) is 12.6 Å². The molecule has 0 spiro atoms. The van der Waals surface area contributed by atoms with Gasteiger partial charge in [0.05, 0.1) is 19.1 Å². The molecule has 4 nitrogen and oxygen atoms in total. The summed E-state index contributed by atoms with van der Waals surface area (Å²) in [5, 5.41) is 8.49. The van der Waals surface area contributed by atoms with E-state index < -0.39 is 24.1 Å². The molecular formula is C9H8F3NO3. The Kier molecular flexibility index (Phi) is 3.36. The van der Waals surface area contributed by atoms with Crippen molar-refractivity contribution in [1.82, 2.24) is 4.98 Å². The van der Waals surface area contributed by atoms with E-state index in [2.05, 4.69) is 9.72 Å². The first-order valence-corrected chi connectivity index (χ1v) is 4.16. The minimum Gasteiger partial charge on any atom is -0.481 e. The summed E-state index contributed by atoms with van der Waals surface area (Å²) in [6.07, 6.45) is -4.78. The molecule has 0 aliphatic carbocycles. The Morgan fingerprint density at radius 3 is 2.62 bits per heavy atom. The number of halogens is 3. The minimum absolute atomic E-state index is 0.0516. The summed E-state index contributed by atoms with van der Waals surface area (Å²) in [7, 11) is 1.24. The van der Waals surface area contributed by atoms with Crippen LogP contribution in [0.3, 0.4) is 0 Å². The summed E-state index contributed by atoms with van der Waals surface area (Å²) >= 11 is 0. The highest BCUT2D eigenvalue weighted by atomic mass is 19.4. The fraction of sp³-hybridized carbons (Fsp3) is 0.333. The van der Waals surface area contributed by atoms with Crippen LogP contribution in [0.5, 0.6) is 5.88 Å². The highest BCUT2D eigenvalue weighted by Crippen LogP contribution is 2.32. The summed E-state index contributed by atoms with van der Waals surface area (Å²) in [6.45, 7) is 0. The van der Waals surface area contributed by atoms with Gasteiger partial charge >= 0.3 is 12.1 Å². The van der Waals surface area contributed by atoms with Crippen molar-refractivity contribution in [2.75, 3.05) is 7.11 Å². The number of hydrogen-bond acceptors (Lipinski definition) is 3. The molecule has 0 bridgehead atoms. The number of ether oxygens (including phenoxy) is 1. The molecule has 0 fully saturated rings. The third kappa shape index (κ3) is 2.85. The van der Waals surface area contributed by atoms with E-state index in [4.69, 9.17) is 5.11 Å². The van der Waals surface area contributed by atoms with Crippen LogP contribution >= 0.6 is 0 Å². The molecule has 0 saturated heterocycles. The van der Waals surface area contributed by atoms with Gasteiger partial charge in [0.1, 0.15) is 0 Å². The maximum absolute atomic E-state index is 12.5. The van der Waals surface area contributed by atoms with Crippen LogP contribution in [0.15, 0.2) is 12.3 Å². The van der Waals surface area contributed by atoms with E-state index >= 15 is 0 Å². The maximum atomic E-state index is 12.5. The van der Waals surface area contributed by atoms with Crippen LogP contribution in [0.1, 0.15) is 11.1 Å². The van der Waals surface area contributed by atoms with Gasteiger partial charge in [-0.15, -0.1) is 0 Å². The number of aliphatic carboxylic acids is 1. The lowest BCUT2D eigenvalue weighted by atomic mass is 10.1. The van der Waals surface area contributed by atoms with Crippen LogP contribution in [0.2, 0.25) is 0 Å². The van der Waals surface area contributed by atoms with E-state index in [1.165, 1.54) is 7.11 Å². The molecule has 88 valence electrons. The van der Waals surface area contributed by atoms with E-state index in [1.807, 2.05) is 0 Å². The van der Waals surface area contributed by atoms with Gasteiger partial charge in [0, 0.05) is 12.3 Å². The summed E-state index contributed by atoms with van der Waals surface area (Å²) < 4.78 is 42.0.